The van der Waals surface area contributed by atoms with Gasteiger partial charge in [0.25, 0.3) is 0 Å². The molecule has 0 saturated heterocycles. The minimum absolute atomic E-state index is 0.0370. The second-order valence-corrected chi connectivity index (χ2v) is 7.20. The Bertz CT molecular complexity index is 565. The molecular weight excluding hydrogens is 296 g/mol. The van der Waals surface area contributed by atoms with Gasteiger partial charge in [0.1, 0.15) is 5.75 Å². The van der Waals surface area contributed by atoms with E-state index in [1.54, 1.807) is 0 Å². The van der Waals surface area contributed by atoms with Gasteiger partial charge in [0, 0.05) is 17.6 Å². The first-order valence-electron chi connectivity index (χ1n) is 9.63. The number of hydrogen-bond acceptors (Lipinski definition) is 3. The molecule has 3 heteroatoms. The van der Waals surface area contributed by atoms with Crippen molar-refractivity contribution >= 4 is 6.08 Å². The van der Waals surface area contributed by atoms with Gasteiger partial charge in [0.2, 0.25) is 0 Å². The van der Waals surface area contributed by atoms with E-state index in [1.807, 2.05) is 0 Å². The van der Waals surface area contributed by atoms with Crippen molar-refractivity contribution in [1.29, 1.82) is 0 Å². The van der Waals surface area contributed by atoms with E-state index in [0.717, 1.165) is 56.1 Å². The lowest BCUT2D eigenvalue weighted by Gasteiger charge is -2.28. The molecule has 24 heavy (non-hydrogen) atoms. The molecule has 1 aliphatic carbocycles. The van der Waals surface area contributed by atoms with Crippen LogP contribution in [0.2, 0.25) is 0 Å². The quantitative estimate of drug-likeness (QED) is 0.698. The van der Waals surface area contributed by atoms with Gasteiger partial charge < -0.3 is 16.6 Å². The molecule has 1 aromatic carbocycles. The van der Waals surface area contributed by atoms with Gasteiger partial charge in [-0.3, -0.25) is 0 Å². The van der Waals surface area contributed by atoms with Gasteiger partial charge in [-0.25, -0.2) is 0 Å². The predicted octanol–water partition coefficient (Wildman–Crippen LogP) is 4.30. The Morgan fingerprint density at radius 3 is 2.54 bits per heavy atom. The number of phenols is 1. The van der Waals surface area contributed by atoms with Gasteiger partial charge in [0.15, 0.2) is 0 Å². The van der Waals surface area contributed by atoms with Crippen molar-refractivity contribution in [3.8, 4) is 5.75 Å². The highest BCUT2D eigenvalue weighted by molar-refractivity contribution is 5.64. The van der Waals surface area contributed by atoms with Crippen molar-refractivity contribution in [3.05, 3.63) is 34.4 Å². The van der Waals surface area contributed by atoms with E-state index >= 15 is 0 Å². The lowest BCUT2D eigenvalue weighted by molar-refractivity contribution is 0.460. The van der Waals surface area contributed by atoms with E-state index in [1.165, 1.54) is 24.0 Å². The number of benzene rings is 1. The summed E-state index contributed by atoms with van der Waals surface area (Å²) in [5, 5.41) is 10.7. The molecule has 0 heterocycles. The third-order valence-corrected chi connectivity index (χ3v) is 5.13. The van der Waals surface area contributed by atoms with Crippen LogP contribution >= 0.6 is 0 Å². The van der Waals surface area contributed by atoms with E-state index in [4.69, 9.17) is 11.5 Å². The Morgan fingerprint density at radius 1 is 1.12 bits per heavy atom. The minimum atomic E-state index is -0.0865. The molecule has 0 aliphatic heterocycles. The second kappa shape index (κ2) is 9.24. The summed E-state index contributed by atoms with van der Waals surface area (Å²) in [7, 11) is 0. The first kappa shape index (κ1) is 19.0. The van der Waals surface area contributed by atoms with E-state index in [0.29, 0.717) is 5.75 Å². The van der Waals surface area contributed by atoms with Crippen LogP contribution in [-0.2, 0) is 12.8 Å². The Labute approximate surface area is 147 Å². The zero-order valence-electron chi connectivity index (χ0n) is 15.4. The Morgan fingerprint density at radius 2 is 1.83 bits per heavy atom. The molecule has 134 valence electrons. The van der Waals surface area contributed by atoms with Crippen LogP contribution in [-0.4, -0.2) is 17.2 Å². The molecule has 0 bridgehead atoms. The standard InChI is InChI=1S/C21H34N2O/c1-3-5-8-15-12-17(9-6-4-2)21(24)18(13-15)14-16-10-7-11-19(22)20(16)23/h12-14,19-20,24H,3-11,22-23H2,1-2H3/b16-14-. The highest BCUT2D eigenvalue weighted by Gasteiger charge is 2.23. The number of nitrogens with two attached hydrogens (primary N) is 2. The average molecular weight is 331 g/mol. The van der Waals surface area contributed by atoms with Crippen molar-refractivity contribution in [1.82, 2.24) is 0 Å². The number of hydrogen-bond donors (Lipinski definition) is 3. The topological polar surface area (TPSA) is 72.3 Å². The van der Waals surface area contributed by atoms with E-state index in [-0.39, 0.29) is 12.1 Å². The highest BCUT2D eigenvalue weighted by Crippen LogP contribution is 2.31. The molecule has 2 rings (SSSR count). The van der Waals surface area contributed by atoms with E-state index in [9.17, 15) is 5.11 Å². The van der Waals surface area contributed by atoms with Gasteiger partial charge in [-0.1, -0.05) is 44.4 Å². The molecule has 1 fully saturated rings. The number of rotatable bonds is 7. The van der Waals surface area contributed by atoms with Crippen molar-refractivity contribution < 1.29 is 5.11 Å². The normalized spacial score (nSPS) is 22.9. The molecule has 0 radical (unpaired) electrons. The number of unbranched alkanes of at least 4 members (excludes halogenated alkanes) is 2. The molecule has 1 saturated carbocycles. The number of phenolic OH excluding ortho intramolecular Hbond substituents is 1. The summed E-state index contributed by atoms with van der Waals surface area (Å²) in [6.07, 6.45) is 11.8. The Hall–Kier alpha value is -1.32. The molecule has 2 unspecified atom stereocenters. The summed E-state index contributed by atoms with van der Waals surface area (Å²) in [5.74, 6) is 0.433. The van der Waals surface area contributed by atoms with Crippen LogP contribution in [0.25, 0.3) is 6.08 Å². The van der Waals surface area contributed by atoms with Crippen LogP contribution in [0.1, 0.15) is 75.5 Å². The summed E-state index contributed by atoms with van der Waals surface area (Å²) in [5.41, 5.74) is 16.9. The van der Waals surface area contributed by atoms with E-state index < -0.39 is 0 Å². The third kappa shape index (κ3) is 4.84. The second-order valence-electron chi connectivity index (χ2n) is 7.20. The van der Waals surface area contributed by atoms with Crippen molar-refractivity contribution in [2.75, 3.05) is 0 Å². The molecule has 1 aliphatic rings. The fourth-order valence-electron chi connectivity index (χ4n) is 3.51. The van der Waals surface area contributed by atoms with Crippen LogP contribution in [0, 0.1) is 0 Å². The molecule has 0 amide bonds. The number of aryl methyl sites for hydroxylation is 2. The molecule has 3 nitrogen and oxygen atoms in total. The maximum Gasteiger partial charge on any atom is 0.125 e. The summed E-state index contributed by atoms with van der Waals surface area (Å²) in [6.45, 7) is 4.40. The molecule has 1 aromatic rings. The van der Waals surface area contributed by atoms with Crippen molar-refractivity contribution in [3.63, 3.8) is 0 Å². The smallest absolute Gasteiger partial charge is 0.125 e. The minimum Gasteiger partial charge on any atom is -0.507 e. The summed E-state index contributed by atoms with van der Waals surface area (Å²) in [4.78, 5) is 0. The lowest BCUT2D eigenvalue weighted by atomic mass is 9.85. The van der Waals surface area contributed by atoms with Crippen LogP contribution in [0.3, 0.4) is 0 Å². The summed E-state index contributed by atoms with van der Waals surface area (Å²) >= 11 is 0. The van der Waals surface area contributed by atoms with Gasteiger partial charge in [-0.15, -0.1) is 0 Å². The van der Waals surface area contributed by atoms with Gasteiger partial charge in [-0.2, -0.15) is 0 Å². The Kier molecular flexibility index (Phi) is 7.32. The maximum absolute atomic E-state index is 10.7. The highest BCUT2D eigenvalue weighted by atomic mass is 16.3. The molecular formula is C21H34N2O. The zero-order chi connectivity index (χ0) is 17.5. The van der Waals surface area contributed by atoms with Gasteiger partial charge in [-0.05, 0) is 62.1 Å². The van der Waals surface area contributed by atoms with E-state index in [2.05, 4.69) is 32.1 Å². The SMILES string of the molecule is CCCCc1cc(/C=C2/CCCC(N)C2N)c(O)c(CCCC)c1. The summed E-state index contributed by atoms with van der Waals surface area (Å²) < 4.78 is 0. The lowest BCUT2D eigenvalue weighted by Crippen LogP contribution is -2.45. The van der Waals surface area contributed by atoms with Gasteiger partial charge in [0.05, 0.1) is 0 Å². The monoisotopic (exact) mass is 330 g/mol. The first-order chi connectivity index (χ1) is 11.6. The number of aromatic hydroxyl groups is 1. The van der Waals surface area contributed by atoms with Crippen LogP contribution in [0.5, 0.6) is 5.75 Å². The van der Waals surface area contributed by atoms with Crippen molar-refractivity contribution in [2.45, 2.75) is 83.7 Å². The van der Waals surface area contributed by atoms with Crippen LogP contribution in [0.15, 0.2) is 17.7 Å². The molecule has 5 N–H and O–H groups in total. The molecule has 2 atom stereocenters. The van der Waals surface area contributed by atoms with Crippen LogP contribution < -0.4 is 11.5 Å². The predicted molar refractivity (Wildman–Crippen MR) is 103 cm³/mol. The average Bonchev–Trinajstić information content (AvgIpc) is 2.58. The van der Waals surface area contributed by atoms with Gasteiger partial charge >= 0.3 is 0 Å². The van der Waals surface area contributed by atoms with Crippen molar-refractivity contribution in [2.24, 2.45) is 11.5 Å². The Balaban J connectivity index is 2.35. The maximum atomic E-state index is 10.7. The van der Waals surface area contributed by atoms with Crippen LogP contribution in [0.4, 0.5) is 0 Å². The zero-order valence-corrected chi connectivity index (χ0v) is 15.4. The molecule has 0 spiro atoms. The molecule has 0 aromatic heterocycles. The first-order valence-corrected chi connectivity index (χ1v) is 9.63. The fourth-order valence-corrected chi connectivity index (χ4v) is 3.51. The largest absolute Gasteiger partial charge is 0.507 e. The third-order valence-electron chi connectivity index (χ3n) is 5.13. The fraction of sp³-hybridized carbons (Fsp3) is 0.619. The summed E-state index contributed by atoms with van der Waals surface area (Å²) in [6, 6.07) is 4.28.